The maximum absolute atomic E-state index is 5.79. The molecule has 0 atom stereocenters. The Morgan fingerprint density at radius 3 is 2.57 bits per heavy atom. The van der Waals surface area contributed by atoms with E-state index in [1.54, 1.807) is 0 Å². The van der Waals surface area contributed by atoms with E-state index in [0.29, 0.717) is 6.54 Å². The van der Waals surface area contributed by atoms with Crippen LogP contribution >= 0.6 is 15.9 Å². The lowest BCUT2D eigenvalue weighted by molar-refractivity contribution is 0.287. The molecule has 14 heavy (non-hydrogen) atoms. The van der Waals surface area contributed by atoms with Crippen molar-refractivity contribution in [3.05, 3.63) is 28.7 Å². The van der Waals surface area contributed by atoms with E-state index >= 15 is 0 Å². The molecular formula is C11H15BrN2. The molecule has 1 fully saturated rings. The van der Waals surface area contributed by atoms with E-state index in [0.717, 1.165) is 10.2 Å². The largest absolute Gasteiger partial charge is 0.377 e. The standard InChI is InChI=1S/C11H15BrN2/c12-9-4-1-2-5-10(9)14-11(8-13)6-3-7-11/h1-2,4-5,14H,3,6-8,13H2. The van der Waals surface area contributed by atoms with Crippen LogP contribution in [0.25, 0.3) is 0 Å². The van der Waals surface area contributed by atoms with Crippen LogP contribution in [0.1, 0.15) is 19.3 Å². The number of halogens is 1. The lowest BCUT2D eigenvalue weighted by Gasteiger charge is -2.42. The fourth-order valence-electron chi connectivity index (χ4n) is 1.83. The van der Waals surface area contributed by atoms with Crippen LogP contribution in [0.5, 0.6) is 0 Å². The van der Waals surface area contributed by atoms with Crippen molar-refractivity contribution in [1.29, 1.82) is 0 Å². The number of benzene rings is 1. The Bertz CT molecular complexity index is 315. The molecule has 0 amide bonds. The maximum Gasteiger partial charge on any atom is 0.0496 e. The molecule has 0 radical (unpaired) electrons. The summed E-state index contributed by atoms with van der Waals surface area (Å²) in [6.07, 6.45) is 3.66. The van der Waals surface area contributed by atoms with Gasteiger partial charge in [0.1, 0.15) is 0 Å². The van der Waals surface area contributed by atoms with E-state index in [1.807, 2.05) is 18.2 Å². The minimum Gasteiger partial charge on any atom is -0.377 e. The first-order valence-electron chi connectivity index (χ1n) is 4.99. The van der Waals surface area contributed by atoms with Crippen molar-refractivity contribution in [1.82, 2.24) is 0 Å². The van der Waals surface area contributed by atoms with E-state index in [2.05, 4.69) is 27.3 Å². The Morgan fingerprint density at radius 1 is 1.36 bits per heavy atom. The molecule has 1 aromatic rings. The molecule has 1 aliphatic carbocycles. The van der Waals surface area contributed by atoms with Gasteiger partial charge in [-0.15, -0.1) is 0 Å². The minimum absolute atomic E-state index is 0.157. The smallest absolute Gasteiger partial charge is 0.0496 e. The van der Waals surface area contributed by atoms with Gasteiger partial charge in [0.05, 0.1) is 0 Å². The van der Waals surface area contributed by atoms with E-state index in [-0.39, 0.29) is 5.54 Å². The van der Waals surface area contributed by atoms with Gasteiger partial charge in [0.2, 0.25) is 0 Å². The second-order valence-corrected chi connectivity index (χ2v) is 4.80. The van der Waals surface area contributed by atoms with Crippen molar-refractivity contribution in [2.75, 3.05) is 11.9 Å². The number of nitrogens with one attached hydrogen (secondary N) is 1. The molecule has 0 bridgehead atoms. The minimum atomic E-state index is 0.157. The van der Waals surface area contributed by atoms with E-state index in [9.17, 15) is 0 Å². The van der Waals surface area contributed by atoms with E-state index < -0.39 is 0 Å². The number of anilines is 1. The molecule has 1 saturated carbocycles. The first-order chi connectivity index (χ1) is 6.76. The molecule has 2 rings (SSSR count). The SMILES string of the molecule is NCC1(Nc2ccccc2Br)CCC1. The van der Waals surface area contributed by atoms with Crippen molar-refractivity contribution >= 4 is 21.6 Å². The first kappa shape index (κ1) is 9.99. The zero-order valence-electron chi connectivity index (χ0n) is 8.09. The molecular weight excluding hydrogens is 240 g/mol. The Kier molecular flexibility index (Phi) is 2.79. The van der Waals surface area contributed by atoms with Crippen molar-refractivity contribution in [3.8, 4) is 0 Å². The third kappa shape index (κ3) is 1.79. The van der Waals surface area contributed by atoms with Gasteiger partial charge < -0.3 is 11.1 Å². The number of hydrogen-bond donors (Lipinski definition) is 2. The third-order valence-corrected chi connectivity index (χ3v) is 3.67. The summed E-state index contributed by atoms with van der Waals surface area (Å²) >= 11 is 3.53. The van der Waals surface area contributed by atoms with Crippen LogP contribution in [0.4, 0.5) is 5.69 Å². The Hall–Kier alpha value is -0.540. The second-order valence-electron chi connectivity index (χ2n) is 3.94. The highest BCUT2D eigenvalue weighted by molar-refractivity contribution is 9.10. The summed E-state index contributed by atoms with van der Waals surface area (Å²) in [5.74, 6) is 0. The molecule has 0 saturated heterocycles. The van der Waals surface area contributed by atoms with Gasteiger partial charge >= 0.3 is 0 Å². The van der Waals surface area contributed by atoms with Gasteiger partial charge in [-0.05, 0) is 47.3 Å². The van der Waals surface area contributed by atoms with Crippen LogP contribution in [0.15, 0.2) is 28.7 Å². The highest BCUT2D eigenvalue weighted by atomic mass is 79.9. The lowest BCUT2D eigenvalue weighted by atomic mass is 9.76. The van der Waals surface area contributed by atoms with Crippen molar-refractivity contribution in [2.45, 2.75) is 24.8 Å². The molecule has 0 aliphatic heterocycles. The van der Waals surface area contributed by atoms with Crippen molar-refractivity contribution in [3.63, 3.8) is 0 Å². The maximum atomic E-state index is 5.79. The zero-order valence-corrected chi connectivity index (χ0v) is 9.68. The molecule has 0 heterocycles. The van der Waals surface area contributed by atoms with Gasteiger partial charge in [-0.1, -0.05) is 12.1 Å². The summed E-state index contributed by atoms with van der Waals surface area (Å²) in [5.41, 5.74) is 7.10. The fraction of sp³-hybridized carbons (Fsp3) is 0.455. The molecule has 1 aromatic carbocycles. The number of rotatable bonds is 3. The average Bonchev–Trinajstić information content (AvgIpc) is 2.14. The summed E-state index contributed by atoms with van der Waals surface area (Å²) in [6.45, 7) is 0.717. The molecule has 0 unspecified atom stereocenters. The van der Waals surface area contributed by atoms with Crippen LogP contribution in [0, 0.1) is 0 Å². The number of hydrogen-bond acceptors (Lipinski definition) is 2. The Balaban J connectivity index is 2.13. The van der Waals surface area contributed by atoms with Crippen LogP contribution in [0.3, 0.4) is 0 Å². The highest BCUT2D eigenvalue weighted by Gasteiger charge is 2.35. The van der Waals surface area contributed by atoms with Crippen molar-refractivity contribution in [2.24, 2.45) is 5.73 Å². The molecule has 1 aliphatic rings. The van der Waals surface area contributed by atoms with Crippen LogP contribution in [-0.4, -0.2) is 12.1 Å². The van der Waals surface area contributed by atoms with Crippen LogP contribution in [-0.2, 0) is 0 Å². The summed E-state index contributed by atoms with van der Waals surface area (Å²) in [5, 5.41) is 3.54. The normalized spacial score (nSPS) is 18.7. The molecule has 3 heteroatoms. The molecule has 0 spiro atoms. The first-order valence-corrected chi connectivity index (χ1v) is 5.78. The lowest BCUT2D eigenvalue weighted by Crippen LogP contribution is -2.51. The van der Waals surface area contributed by atoms with Crippen LogP contribution in [0.2, 0.25) is 0 Å². The monoisotopic (exact) mass is 254 g/mol. The fourth-order valence-corrected chi connectivity index (χ4v) is 2.22. The van der Waals surface area contributed by atoms with Crippen LogP contribution < -0.4 is 11.1 Å². The van der Waals surface area contributed by atoms with Crippen molar-refractivity contribution < 1.29 is 0 Å². The topological polar surface area (TPSA) is 38.0 Å². The highest BCUT2D eigenvalue weighted by Crippen LogP contribution is 2.36. The van der Waals surface area contributed by atoms with Gasteiger partial charge in [-0.3, -0.25) is 0 Å². The van der Waals surface area contributed by atoms with Gasteiger partial charge in [0.15, 0.2) is 0 Å². The quantitative estimate of drug-likeness (QED) is 0.871. The van der Waals surface area contributed by atoms with Gasteiger partial charge in [-0.2, -0.15) is 0 Å². The predicted molar refractivity (Wildman–Crippen MR) is 63.4 cm³/mol. The second kappa shape index (κ2) is 3.91. The van der Waals surface area contributed by atoms with E-state index in [1.165, 1.54) is 19.3 Å². The number of para-hydroxylation sites is 1. The number of nitrogens with two attached hydrogens (primary N) is 1. The predicted octanol–water partition coefficient (Wildman–Crippen LogP) is 2.74. The summed E-state index contributed by atoms with van der Waals surface area (Å²) in [7, 11) is 0. The van der Waals surface area contributed by atoms with Gasteiger partial charge in [-0.25, -0.2) is 0 Å². The Morgan fingerprint density at radius 2 is 2.07 bits per heavy atom. The zero-order chi connectivity index (χ0) is 10.0. The van der Waals surface area contributed by atoms with Gasteiger partial charge in [0, 0.05) is 22.2 Å². The van der Waals surface area contributed by atoms with Gasteiger partial charge in [0.25, 0.3) is 0 Å². The summed E-state index contributed by atoms with van der Waals surface area (Å²) < 4.78 is 1.11. The molecule has 0 aromatic heterocycles. The molecule has 2 nitrogen and oxygen atoms in total. The molecule has 76 valence electrons. The van der Waals surface area contributed by atoms with E-state index in [4.69, 9.17) is 5.73 Å². The average molecular weight is 255 g/mol. The third-order valence-electron chi connectivity index (χ3n) is 2.98. The summed E-state index contributed by atoms with van der Waals surface area (Å²) in [6, 6.07) is 8.19. The Labute approximate surface area is 93.0 Å². The molecule has 3 N–H and O–H groups in total. The summed E-state index contributed by atoms with van der Waals surface area (Å²) in [4.78, 5) is 0.